The van der Waals surface area contributed by atoms with Crippen molar-refractivity contribution in [3.05, 3.63) is 156 Å². The lowest BCUT2D eigenvalue weighted by molar-refractivity contribution is -0.633. The summed E-state index contributed by atoms with van der Waals surface area (Å²) in [5.74, 6) is 1.07. The highest BCUT2D eigenvalue weighted by molar-refractivity contribution is 6.09. The van der Waals surface area contributed by atoms with Crippen LogP contribution in [-0.2, 0) is 7.05 Å². The number of hydrogen-bond donors (Lipinski definition) is 0. The standard InChI is InChI=1S/C37H32N3O/c1-4-33(38(2)31-13-7-5-8-14-31)27-19-21-28(22-20-27)36(41)29-23-25-30(26-24-29)37-39(3)34-17-11-12-18-35(34)40(37)32-15-9-6-10-16-32/h4-26H,1-3H3/q+1. The van der Waals surface area contributed by atoms with Crippen molar-refractivity contribution in [3.8, 4) is 17.1 Å². The first-order chi connectivity index (χ1) is 20.1. The highest BCUT2D eigenvalue weighted by Crippen LogP contribution is 2.28. The zero-order valence-corrected chi connectivity index (χ0v) is 23.5. The number of carbonyl (C=O) groups excluding carboxylic acids is 1. The Morgan fingerprint density at radius 2 is 1.22 bits per heavy atom. The van der Waals surface area contributed by atoms with Crippen molar-refractivity contribution in [2.75, 3.05) is 11.9 Å². The molecule has 1 heterocycles. The van der Waals surface area contributed by atoms with Crippen molar-refractivity contribution < 1.29 is 9.36 Å². The van der Waals surface area contributed by atoms with E-state index in [-0.39, 0.29) is 5.78 Å². The molecule has 0 aliphatic heterocycles. The van der Waals surface area contributed by atoms with E-state index in [1.54, 1.807) is 0 Å². The zero-order valence-electron chi connectivity index (χ0n) is 23.5. The Bertz CT molecular complexity index is 1850. The summed E-state index contributed by atoms with van der Waals surface area (Å²) in [6.07, 6.45) is 2.09. The zero-order chi connectivity index (χ0) is 28.3. The lowest BCUT2D eigenvalue weighted by atomic mass is 9.99. The molecule has 0 aliphatic carbocycles. The predicted octanol–water partition coefficient (Wildman–Crippen LogP) is 7.85. The molecule has 200 valence electrons. The summed E-state index contributed by atoms with van der Waals surface area (Å²) < 4.78 is 4.49. The van der Waals surface area contributed by atoms with Crippen molar-refractivity contribution >= 4 is 28.2 Å². The van der Waals surface area contributed by atoms with E-state index in [0.29, 0.717) is 11.1 Å². The molecule has 0 radical (unpaired) electrons. The van der Waals surface area contributed by atoms with Gasteiger partial charge in [0.25, 0.3) is 5.82 Å². The fourth-order valence-electron chi connectivity index (χ4n) is 5.55. The fraction of sp³-hybridized carbons (Fsp3) is 0.0811. The molecule has 6 rings (SSSR count). The summed E-state index contributed by atoms with van der Waals surface area (Å²) in [4.78, 5) is 15.6. The van der Waals surface area contributed by atoms with Crippen LogP contribution in [0.3, 0.4) is 0 Å². The lowest BCUT2D eigenvalue weighted by Crippen LogP contribution is -2.30. The van der Waals surface area contributed by atoms with Gasteiger partial charge in [0.2, 0.25) is 0 Å². The van der Waals surface area contributed by atoms with Crippen molar-refractivity contribution in [1.82, 2.24) is 4.57 Å². The van der Waals surface area contributed by atoms with Crippen LogP contribution in [0.2, 0.25) is 0 Å². The van der Waals surface area contributed by atoms with E-state index in [1.165, 1.54) is 0 Å². The van der Waals surface area contributed by atoms with Crippen LogP contribution in [-0.4, -0.2) is 17.4 Å². The maximum atomic E-state index is 13.5. The number of benzene rings is 5. The van der Waals surface area contributed by atoms with E-state index < -0.39 is 0 Å². The second-order valence-corrected chi connectivity index (χ2v) is 10.1. The van der Waals surface area contributed by atoms with Crippen LogP contribution in [0.25, 0.3) is 33.8 Å². The van der Waals surface area contributed by atoms with Gasteiger partial charge in [0.05, 0.1) is 12.6 Å². The Hall–Kier alpha value is -5.22. The molecule has 0 spiro atoms. The van der Waals surface area contributed by atoms with Gasteiger partial charge < -0.3 is 4.90 Å². The second kappa shape index (κ2) is 11.1. The minimum atomic E-state index is 0.00881. The number of fused-ring (bicyclic) bond motifs is 1. The molecule has 0 fully saturated rings. The number of aromatic nitrogens is 2. The van der Waals surface area contributed by atoms with Crippen molar-refractivity contribution in [2.45, 2.75) is 6.92 Å². The molecule has 0 aliphatic rings. The third-order valence-electron chi connectivity index (χ3n) is 7.65. The van der Waals surface area contributed by atoms with Gasteiger partial charge in [-0.1, -0.05) is 91.0 Å². The topological polar surface area (TPSA) is 29.1 Å². The van der Waals surface area contributed by atoms with Crippen LogP contribution < -0.4 is 9.47 Å². The fourth-order valence-corrected chi connectivity index (χ4v) is 5.55. The molecule has 4 heteroatoms. The molecule has 5 aromatic carbocycles. The number of nitrogens with zero attached hydrogens (tertiary/aromatic N) is 3. The molecule has 0 saturated carbocycles. The van der Waals surface area contributed by atoms with E-state index in [2.05, 4.69) is 94.9 Å². The molecule has 0 atom stereocenters. The summed E-state index contributed by atoms with van der Waals surface area (Å²) in [6, 6.07) is 44.9. The third-order valence-corrected chi connectivity index (χ3v) is 7.65. The Morgan fingerprint density at radius 3 is 1.85 bits per heavy atom. The molecule has 6 aromatic rings. The van der Waals surface area contributed by atoms with Gasteiger partial charge in [0.1, 0.15) is 5.69 Å². The van der Waals surface area contributed by atoms with Crippen molar-refractivity contribution in [2.24, 2.45) is 7.05 Å². The number of imidazole rings is 1. The third kappa shape index (κ3) is 4.85. The monoisotopic (exact) mass is 534 g/mol. The molecule has 0 N–H and O–H groups in total. The van der Waals surface area contributed by atoms with E-state index in [9.17, 15) is 4.79 Å². The average Bonchev–Trinajstić information content (AvgIpc) is 3.34. The first-order valence-electron chi connectivity index (χ1n) is 13.8. The highest BCUT2D eigenvalue weighted by atomic mass is 16.1. The van der Waals surface area contributed by atoms with Gasteiger partial charge in [0.15, 0.2) is 16.8 Å². The van der Waals surface area contributed by atoms with E-state index in [0.717, 1.165) is 45.1 Å². The molecular formula is C37H32N3O+. The van der Waals surface area contributed by atoms with Crippen LogP contribution in [0.5, 0.6) is 0 Å². The van der Waals surface area contributed by atoms with E-state index in [1.807, 2.05) is 79.7 Å². The first-order valence-corrected chi connectivity index (χ1v) is 13.8. The number of ketones is 1. The van der Waals surface area contributed by atoms with Crippen LogP contribution in [0.15, 0.2) is 140 Å². The Labute approximate surface area is 241 Å². The van der Waals surface area contributed by atoms with Gasteiger partial charge in [-0.15, -0.1) is 0 Å². The van der Waals surface area contributed by atoms with E-state index >= 15 is 0 Å². The predicted molar refractivity (Wildman–Crippen MR) is 168 cm³/mol. The maximum Gasteiger partial charge on any atom is 0.294 e. The summed E-state index contributed by atoms with van der Waals surface area (Å²) in [5.41, 5.74) is 9.01. The Balaban J connectivity index is 1.29. The summed E-state index contributed by atoms with van der Waals surface area (Å²) in [6.45, 7) is 2.03. The molecule has 4 nitrogen and oxygen atoms in total. The number of carbonyl (C=O) groups is 1. The molecule has 0 amide bonds. The van der Waals surface area contributed by atoms with Crippen LogP contribution >= 0.6 is 0 Å². The van der Waals surface area contributed by atoms with Crippen LogP contribution in [0, 0.1) is 0 Å². The highest BCUT2D eigenvalue weighted by Gasteiger charge is 2.25. The molecular weight excluding hydrogens is 502 g/mol. The van der Waals surface area contributed by atoms with Crippen LogP contribution in [0.1, 0.15) is 28.4 Å². The molecule has 0 saturated heterocycles. The summed E-state index contributed by atoms with van der Waals surface area (Å²) in [7, 11) is 4.15. The van der Waals surface area contributed by atoms with Gasteiger partial charge in [-0.2, -0.15) is 4.57 Å². The molecule has 0 bridgehead atoms. The number of aryl methyl sites for hydroxylation is 1. The smallest absolute Gasteiger partial charge is 0.294 e. The maximum absolute atomic E-state index is 13.5. The lowest BCUT2D eigenvalue weighted by Gasteiger charge is -2.23. The SMILES string of the molecule is CC=C(c1ccc(C(=O)c2ccc(-c3n(-c4ccccc4)c4ccccc4[n+]3C)cc2)cc1)N(C)c1ccccc1. The quantitative estimate of drug-likeness (QED) is 0.154. The summed E-state index contributed by atoms with van der Waals surface area (Å²) >= 11 is 0. The van der Waals surface area contributed by atoms with E-state index in [4.69, 9.17) is 0 Å². The number of rotatable bonds is 7. The number of para-hydroxylation sites is 4. The van der Waals surface area contributed by atoms with Crippen molar-refractivity contribution in [3.63, 3.8) is 0 Å². The Morgan fingerprint density at radius 1 is 0.683 bits per heavy atom. The van der Waals surface area contributed by atoms with Gasteiger partial charge in [-0.05, 0) is 61.0 Å². The number of hydrogen-bond acceptors (Lipinski definition) is 2. The largest absolute Gasteiger partial charge is 0.344 e. The summed E-state index contributed by atoms with van der Waals surface area (Å²) in [5, 5.41) is 0. The molecule has 41 heavy (non-hydrogen) atoms. The average molecular weight is 535 g/mol. The van der Waals surface area contributed by atoms with Gasteiger partial charge in [-0.25, -0.2) is 4.57 Å². The number of anilines is 1. The number of allylic oxidation sites excluding steroid dienone is 1. The second-order valence-electron chi connectivity index (χ2n) is 10.1. The molecule has 0 unspecified atom stereocenters. The normalized spacial score (nSPS) is 11.5. The van der Waals surface area contributed by atoms with Crippen LogP contribution in [0.4, 0.5) is 5.69 Å². The molecule has 1 aromatic heterocycles. The van der Waals surface area contributed by atoms with Gasteiger partial charge >= 0.3 is 0 Å². The first kappa shape index (κ1) is 26.0. The van der Waals surface area contributed by atoms with Crippen molar-refractivity contribution in [1.29, 1.82) is 0 Å². The van der Waals surface area contributed by atoms with Gasteiger partial charge in [-0.3, -0.25) is 4.79 Å². The minimum Gasteiger partial charge on any atom is -0.344 e. The Kier molecular flexibility index (Phi) is 7.05. The minimum absolute atomic E-state index is 0.00881. The van der Waals surface area contributed by atoms with Gasteiger partial charge in [0, 0.05) is 29.6 Å².